The zero-order valence-corrected chi connectivity index (χ0v) is 8.64. The van der Waals surface area contributed by atoms with Gasteiger partial charge in [0.25, 0.3) is 0 Å². The van der Waals surface area contributed by atoms with Crippen LogP contribution in [0.2, 0.25) is 0 Å². The third kappa shape index (κ3) is 3.02. The van der Waals surface area contributed by atoms with E-state index in [1.807, 2.05) is 0 Å². The Balaban J connectivity index is 3.51. The van der Waals surface area contributed by atoms with Gasteiger partial charge < -0.3 is 0 Å². The molecule has 0 saturated heterocycles. The predicted octanol–water partition coefficient (Wildman–Crippen LogP) is 4.60. The fraction of sp³-hybridized carbons (Fsp3) is 0.333. The van der Waals surface area contributed by atoms with Gasteiger partial charge in [0, 0.05) is 5.56 Å². The predicted molar refractivity (Wildman–Crippen MR) is 46.0 cm³/mol. The van der Waals surface area contributed by atoms with Crippen molar-refractivity contribution in [3.05, 3.63) is 34.6 Å². The lowest BCUT2D eigenvalue weighted by atomic mass is 10.0. The summed E-state index contributed by atoms with van der Waals surface area (Å²) in [6.07, 6.45) is -10.1. The summed E-state index contributed by atoms with van der Waals surface area (Å²) in [6.45, 7) is 0. The highest BCUT2D eigenvalue weighted by Gasteiger charge is 2.39. The lowest BCUT2D eigenvalue weighted by Crippen LogP contribution is -2.14. The van der Waals surface area contributed by atoms with Crippen LogP contribution in [0.1, 0.15) is 16.7 Å². The van der Waals surface area contributed by atoms with Crippen molar-refractivity contribution in [3.63, 3.8) is 0 Å². The number of alkyl halides is 7. The smallest absolute Gasteiger partial charge is 0.207 e. The van der Waals surface area contributed by atoms with E-state index in [0.717, 1.165) is 0 Å². The van der Waals surface area contributed by atoms with E-state index >= 15 is 0 Å². The molecule has 1 rings (SSSR count). The fourth-order valence-electron chi connectivity index (χ4n) is 1.19. The van der Waals surface area contributed by atoms with Crippen molar-refractivity contribution < 1.29 is 30.7 Å². The van der Waals surface area contributed by atoms with Gasteiger partial charge in [0.05, 0.1) is 17.0 Å². The molecule has 0 aromatic heterocycles. The molecule has 0 heterocycles. The van der Waals surface area contributed by atoms with E-state index in [0.29, 0.717) is 0 Å². The van der Waals surface area contributed by atoms with E-state index in [1.54, 1.807) is 0 Å². The Morgan fingerprint density at radius 2 is 1.47 bits per heavy atom. The van der Waals surface area contributed by atoms with Crippen molar-refractivity contribution in [2.24, 2.45) is 0 Å². The van der Waals surface area contributed by atoms with Crippen LogP contribution in [0.5, 0.6) is 0 Å². The summed E-state index contributed by atoms with van der Waals surface area (Å²) in [5, 5.41) is 0. The molecule has 0 aliphatic carbocycles. The SMILES string of the molecule is Fc1cc(C(F)(F)F)cc(C(F)(F)F)c1CCl. The van der Waals surface area contributed by atoms with Gasteiger partial charge in [-0.2, -0.15) is 26.3 Å². The van der Waals surface area contributed by atoms with Crippen LogP contribution < -0.4 is 0 Å². The van der Waals surface area contributed by atoms with Gasteiger partial charge in [-0.05, 0) is 12.1 Å². The molecule has 8 heteroatoms. The molecular formula is C9H4ClF7. The van der Waals surface area contributed by atoms with Crippen molar-refractivity contribution in [1.82, 2.24) is 0 Å². The molecule has 0 nitrogen and oxygen atoms in total. The Bertz CT molecular complexity index is 419. The van der Waals surface area contributed by atoms with E-state index in [2.05, 4.69) is 0 Å². The largest absolute Gasteiger partial charge is 0.416 e. The minimum Gasteiger partial charge on any atom is -0.207 e. The molecule has 0 atom stereocenters. The number of halogens is 8. The average molecular weight is 281 g/mol. The van der Waals surface area contributed by atoms with Gasteiger partial charge in [-0.3, -0.25) is 0 Å². The summed E-state index contributed by atoms with van der Waals surface area (Å²) < 4.78 is 86.9. The molecule has 0 aliphatic rings. The summed E-state index contributed by atoms with van der Waals surface area (Å²) in [4.78, 5) is 0. The van der Waals surface area contributed by atoms with Gasteiger partial charge in [-0.15, -0.1) is 11.6 Å². The first-order chi connectivity index (χ1) is 7.57. The first kappa shape index (κ1) is 14.1. The quantitative estimate of drug-likeness (QED) is 0.521. The molecule has 96 valence electrons. The molecule has 17 heavy (non-hydrogen) atoms. The van der Waals surface area contributed by atoms with Crippen LogP contribution in [-0.4, -0.2) is 0 Å². The van der Waals surface area contributed by atoms with Crippen LogP contribution >= 0.6 is 11.6 Å². The van der Waals surface area contributed by atoms with Gasteiger partial charge >= 0.3 is 12.4 Å². The van der Waals surface area contributed by atoms with Gasteiger partial charge in [0.2, 0.25) is 0 Å². The lowest BCUT2D eigenvalue weighted by Gasteiger charge is -2.15. The summed E-state index contributed by atoms with van der Waals surface area (Å²) in [6, 6.07) is -0.159. The Morgan fingerprint density at radius 3 is 1.82 bits per heavy atom. The van der Waals surface area contributed by atoms with Crippen molar-refractivity contribution in [3.8, 4) is 0 Å². The second-order valence-corrected chi connectivity index (χ2v) is 3.38. The zero-order valence-electron chi connectivity index (χ0n) is 7.89. The minimum atomic E-state index is -5.09. The Hall–Kier alpha value is -0.980. The topological polar surface area (TPSA) is 0 Å². The monoisotopic (exact) mass is 280 g/mol. The molecule has 0 spiro atoms. The van der Waals surface area contributed by atoms with E-state index in [-0.39, 0.29) is 12.1 Å². The Kier molecular flexibility index (Phi) is 3.61. The summed E-state index contributed by atoms with van der Waals surface area (Å²) >= 11 is 5.09. The Labute approximate surface area is 96.0 Å². The van der Waals surface area contributed by atoms with Gasteiger partial charge in [0.15, 0.2) is 0 Å². The van der Waals surface area contributed by atoms with E-state index in [1.165, 1.54) is 0 Å². The highest BCUT2D eigenvalue weighted by molar-refractivity contribution is 6.17. The molecule has 1 aromatic rings. The van der Waals surface area contributed by atoms with Crippen LogP contribution in [0.3, 0.4) is 0 Å². The Morgan fingerprint density at radius 1 is 0.941 bits per heavy atom. The number of rotatable bonds is 1. The van der Waals surface area contributed by atoms with Crippen LogP contribution in [0.15, 0.2) is 12.1 Å². The molecule has 0 saturated carbocycles. The van der Waals surface area contributed by atoms with Crippen LogP contribution in [-0.2, 0) is 18.2 Å². The summed E-state index contributed by atoms with van der Waals surface area (Å²) in [5.41, 5.74) is -4.40. The number of hydrogen-bond acceptors (Lipinski definition) is 0. The normalized spacial score (nSPS) is 12.9. The second kappa shape index (κ2) is 4.36. The van der Waals surface area contributed by atoms with Crippen molar-refractivity contribution in [2.75, 3.05) is 0 Å². The van der Waals surface area contributed by atoms with E-state index in [9.17, 15) is 30.7 Å². The van der Waals surface area contributed by atoms with Gasteiger partial charge in [-0.25, -0.2) is 4.39 Å². The second-order valence-electron chi connectivity index (χ2n) is 3.11. The van der Waals surface area contributed by atoms with Crippen molar-refractivity contribution in [1.29, 1.82) is 0 Å². The maximum Gasteiger partial charge on any atom is 0.416 e. The maximum atomic E-state index is 13.1. The number of hydrogen-bond donors (Lipinski definition) is 0. The van der Waals surface area contributed by atoms with E-state index in [4.69, 9.17) is 11.6 Å². The highest BCUT2D eigenvalue weighted by atomic mass is 35.5. The van der Waals surface area contributed by atoms with E-state index < -0.39 is 40.7 Å². The molecular weight excluding hydrogens is 277 g/mol. The van der Waals surface area contributed by atoms with Crippen LogP contribution in [0, 0.1) is 5.82 Å². The maximum absolute atomic E-state index is 13.1. The average Bonchev–Trinajstić information content (AvgIpc) is 2.13. The summed E-state index contributed by atoms with van der Waals surface area (Å²) in [5.74, 6) is -2.49. The molecule has 0 N–H and O–H groups in total. The fourth-order valence-corrected chi connectivity index (χ4v) is 1.46. The summed E-state index contributed by atoms with van der Waals surface area (Å²) in [7, 11) is 0. The molecule has 0 unspecified atom stereocenters. The molecule has 0 aliphatic heterocycles. The van der Waals surface area contributed by atoms with Crippen LogP contribution in [0.25, 0.3) is 0 Å². The molecule has 0 fully saturated rings. The van der Waals surface area contributed by atoms with Gasteiger partial charge in [0.1, 0.15) is 5.82 Å². The zero-order chi connectivity index (χ0) is 13.4. The first-order valence-corrected chi connectivity index (χ1v) is 4.63. The highest BCUT2D eigenvalue weighted by Crippen LogP contribution is 2.38. The van der Waals surface area contributed by atoms with Crippen molar-refractivity contribution >= 4 is 11.6 Å². The lowest BCUT2D eigenvalue weighted by molar-refractivity contribution is -0.143. The molecule has 0 amide bonds. The molecule has 0 bridgehead atoms. The first-order valence-electron chi connectivity index (χ1n) is 4.10. The standard InChI is InChI=1S/C9H4ClF7/c10-3-5-6(9(15,16)17)1-4(2-7(5)11)8(12,13)14/h1-2H,3H2. The molecule has 0 radical (unpaired) electrons. The van der Waals surface area contributed by atoms with Crippen molar-refractivity contribution in [2.45, 2.75) is 18.2 Å². The third-order valence-corrected chi connectivity index (χ3v) is 2.23. The molecule has 1 aromatic carbocycles. The van der Waals surface area contributed by atoms with Crippen LogP contribution in [0.4, 0.5) is 30.7 Å². The number of benzene rings is 1. The van der Waals surface area contributed by atoms with Gasteiger partial charge in [-0.1, -0.05) is 0 Å². The minimum absolute atomic E-state index is 0.00699. The third-order valence-electron chi connectivity index (χ3n) is 1.96.